The van der Waals surface area contributed by atoms with Gasteiger partial charge in [0.2, 0.25) is 0 Å². The first-order valence-corrected chi connectivity index (χ1v) is 27.8. The van der Waals surface area contributed by atoms with Crippen LogP contribution in [0.4, 0.5) is 0 Å². The van der Waals surface area contributed by atoms with E-state index in [1.54, 1.807) is 0 Å². The van der Waals surface area contributed by atoms with Gasteiger partial charge in [-0.25, -0.2) is 0 Å². The molecule has 0 N–H and O–H groups in total. The van der Waals surface area contributed by atoms with Crippen LogP contribution in [0.2, 0.25) is 0 Å². The van der Waals surface area contributed by atoms with Gasteiger partial charge in [0.15, 0.2) is 6.10 Å². The highest BCUT2D eigenvalue weighted by Gasteiger charge is 2.19. The largest absolute Gasteiger partial charge is 0.462 e. The molecule has 0 radical (unpaired) electrons. The van der Waals surface area contributed by atoms with Crippen molar-refractivity contribution in [1.29, 1.82) is 0 Å². The molecule has 0 aromatic rings. The van der Waals surface area contributed by atoms with Gasteiger partial charge < -0.3 is 14.2 Å². The van der Waals surface area contributed by atoms with Crippen LogP contribution in [-0.4, -0.2) is 37.2 Å². The highest BCUT2D eigenvalue weighted by molar-refractivity contribution is 5.71. The average Bonchev–Trinajstić information content (AvgIpc) is 3.30. The van der Waals surface area contributed by atoms with E-state index in [1.807, 2.05) is 0 Å². The zero-order chi connectivity index (χ0) is 47.2. The number of esters is 3. The van der Waals surface area contributed by atoms with Crippen molar-refractivity contribution in [2.75, 3.05) is 13.2 Å². The number of ether oxygens (including phenoxy) is 3. The molecule has 1 unspecified atom stereocenters. The van der Waals surface area contributed by atoms with E-state index in [-0.39, 0.29) is 37.5 Å². The van der Waals surface area contributed by atoms with Crippen LogP contribution in [-0.2, 0) is 28.6 Å². The van der Waals surface area contributed by atoms with Gasteiger partial charge in [0.05, 0.1) is 0 Å². The first-order chi connectivity index (χ1) is 32.0. The molecule has 0 aliphatic carbocycles. The molecule has 0 amide bonds. The SMILES string of the molecule is CCCCCC=CCC=CCC=CCC=CCCCC(=O)OCC(COC(=O)CCCCCCCCCCCCCCCCC)OC(=O)CCCCCCCC=CCCCCCCCC. The lowest BCUT2D eigenvalue weighted by Crippen LogP contribution is -2.30. The fourth-order valence-electron chi connectivity index (χ4n) is 7.78. The van der Waals surface area contributed by atoms with Crippen molar-refractivity contribution in [3.05, 3.63) is 60.8 Å². The van der Waals surface area contributed by atoms with E-state index >= 15 is 0 Å². The summed E-state index contributed by atoms with van der Waals surface area (Å²) in [5, 5.41) is 0. The molecule has 65 heavy (non-hydrogen) atoms. The van der Waals surface area contributed by atoms with E-state index in [9.17, 15) is 14.4 Å². The molecule has 6 heteroatoms. The Labute approximate surface area is 402 Å². The van der Waals surface area contributed by atoms with E-state index < -0.39 is 6.10 Å². The second-order valence-electron chi connectivity index (χ2n) is 18.5. The Morgan fingerprint density at radius 1 is 0.308 bits per heavy atom. The summed E-state index contributed by atoms with van der Waals surface area (Å²) < 4.78 is 16.8. The quantitative estimate of drug-likeness (QED) is 0.0262. The molecule has 0 rings (SSSR count). The second-order valence-corrected chi connectivity index (χ2v) is 18.5. The van der Waals surface area contributed by atoms with E-state index in [0.29, 0.717) is 19.3 Å². The summed E-state index contributed by atoms with van der Waals surface area (Å²) in [4.78, 5) is 38.1. The molecule has 0 saturated carbocycles. The van der Waals surface area contributed by atoms with Crippen LogP contribution in [0.15, 0.2) is 60.8 Å². The van der Waals surface area contributed by atoms with Gasteiger partial charge in [-0.1, -0.05) is 236 Å². The van der Waals surface area contributed by atoms with Gasteiger partial charge in [0, 0.05) is 19.3 Å². The molecule has 0 aromatic heterocycles. The monoisotopic (exact) mass is 909 g/mol. The number of carbonyl (C=O) groups is 3. The van der Waals surface area contributed by atoms with Crippen LogP contribution in [0.5, 0.6) is 0 Å². The molecular weight excluding hydrogens is 805 g/mol. The Kier molecular flexibility index (Phi) is 51.3. The summed E-state index contributed by atoms with van der Waals surface area (Å²) in [5.41, 5.74) is 0. The predicted molar refractivity (Wildman–Crippen MR) is 279 cm³/mol. The van der Waals surface area contributed by atoms with Gasteiger partial charge in [-0.05, 0) is 83.5 Å². The summed E-state index contributed by atoms with van der Waals surface area (Å²) in [6, 6.07) is 0. The highest BCUT2D eigenvalue weighted by Crippen LogP contribution is 2.15. The average molecular weight is 909 g/mol. The summed E-state index contributed by atoms with van der Waals surface area (Å²) in [7, 11) is 0. The van der Waals surface area contributed by atoms with E-state index in [4.69, 9.17) is 14.2 Å². The molecule has 0 spiro atoms. The van der Waals surface area contributed by atoms with Crippen LogP contribution in [0, 0.1) is 0 Å². The van der Waals surface area contributed by atoms with E-state index in [2.05, 4.69) is 81.5 Å². The number of rotatable bonds is 50. The highest BCUT2D eigenvalue weighted by atomic mass is 16.6. The number of hydrogen-bond donors (Lipinski definition) is 0. The maximum absolute atomic E-state index is 12.8. The molecule has 0 aliphatic heterocycles. The minimum absolute atomic E-state index is 0.0921. The van der Waals surface area contributed by atoms with Gasteiger partial charge in [0.1, 0.15) is 13.2 Å². The fraction of sp³-hybridized carbons (Fsp3) is 0.780. The molecule has 0 bridgehead atoms. The Morgan fingerprint density at radius 2 is 0.569 bits per heavy atom. The first kappa shape index (κ1) is 62.1. The van der Waals surface area contributed by atoms with Crippen LogP contribution in [0.3, 0.4) is 0 Å². The van der Waals surface area contributed by atoms with Crippen LogP contribution < -0.4 is 0 Å². The normalized spacial score (nSPS) is 12.5. The van der Waals surface area contributed by atoms with Crippen molar-refractivity contribution in [2.24, 2.45) is 0 Å². The van der Waals surface area contributed by atoms with Gasteiger partial charge in [-0.2, -0.15) is 0 Å². The van der Waals surface area contributed by atoms with Crippen molar-refractivity contribution in [1.82, 2.24) is 0 Å². The molecule has 1 atom stereocenters. The smallest absolute Gasteiger partial charge is 0.306 e. The molecule has 0 aliphatic rings. The van der Waals surface area contributed by atoms with Gasteiger partial charge in [-0.3, -0.25) is 14.4 Å². The minimum atomic E-state index is -0.798. The summed E-state index contributed by atoms with van der Waals surface area (Å²) in [6.45, 7) is 6.57. The van der Waals surface area contributed by atoms with Crippen LogP contribution >= 0.6 is 0 Å². The standard InChI is InChI=1S/C59H104O6/c1-4-7-10-13-16-19-22-25-28-29-32-34-37-40-43-46-49-52-58(61)64-55-56(65-59(62)53-50-47-44-41-38-35-31-27-24-21-18-15-12-9-6-3)54-63-57(60)51-48-45-42-39-36-33-30-26-23-20-17-14-11-8-5-2/h16,19,25,27-28,31-32,34,40,43,56H,4-15,17-18,20-24,26,29-30,33,35-39,41-42,44-55H2,1-3H3. The Balaban J connectivity index is 4.46. The zero-order valence-corrected chi connectivity index (χ0v) is 43.0. The zero-order valence-electron chi connectivity index (χ0n) is 43.0. The van der Waals surface area contributed by atoms with Crippen molar-refractivity contribution in [3.8, 4) is 0 Å². The van der Waals surface area contributed by atoms with Gasteiger partial charge in [0.25, 0.3) is 0 Å². The van der Waals surface area contributed by atoms with Gasteiger partial charge in [-0.15, -0.1) is 0 Å². The van der Waals surface area contributed by atoms with Gasteiger partial charge >= 0.3 is 17.9 Å². The maximum atomic E-state index is 12.8. The third kappa shape index (κ3) is 51.9. The molecule has 0 saturated heterocycles. The lowest BCUT2D eigenvalue weighted by molar-refractivity contribution is -0.167. The number of carbonyl (C=O) groups excluding carboxylic acids is 3. The summed E-state index contributed by atoms with van der Waals surface area (Å²) >= 11 is 0. The van der Waals surface area contributed by atoms with Crippen molar-refractivity contribution < 1.29 is 28.6 Å². The summed E-state index contributed by atoms with van der Waals surface area (Å²) in [5.74, 6) is -0.950. The third-order valence-corrected chi connectivity index (χ3v) is 12.0. The van der Waals surface area contributed by atoms with E-state index in [0.717, 1.165) is 77.0 Å². The molecule has 0 heterocycles. The molecule has 0 fully saturated rings. The lowest BCUT2D eigenvalue weighted by Gasteiger charge is -2.18. The topological polar surface area (TPSA) is 78.9 Å². The molecular formula is C59H104O6. The fourth-order valence-corrected chi connectivity index (χ4v) is 7.78. The van der Waals surface area contributed by atoms with Crippen molar-refractivity contribution in [3.63, 3.8) is 0 Å². The predicted octanol–water partition coefficient (Wildman–Crippen LogP) is 18.4. The minimum Gasteiger partial charge on any atom is -0.462 e. The van der Waals surface area contributed by atoms with Crippen LogP contribution in [0.1, 0.15) is 278 Å². The number of allylic oxidation sites excluding steroid dienone is 10. The lowest BCUT2D eigenvalue weighted by atomic mass is 10.0. The number of unbranched alkanes of at least 4 members (excludes halogenated alkanes) is 29. The third-order valence-electron chi connectivity index (χ3n) is 12.0. The molecule has 376 valence electrons. The van der Waals surface area contributed by atoms with E-state index in [1.165, 1.54) is 154 Å². The Bertz CT molecular complexity index is 1180. The summed E-state index contributed by atoms with van der Waals surface area (Å²) in [6.07, 6.45) is 66.4. The first-order valence-electron chi connectivity index (χ1n) is 27.8. The molecule has 6 nitrogen and oxygen atoms in total. The maximum Gasteiger partial charge on any atom is 0.306 e. The Hall–Kier alpha value is -2.89. The van der Waals surface area contributed by atoms with Crippen molar-refractivity contribution in [2.45, 2.75) is 284 Å². The molecule has 0 aromatic carbocycles. The second kappa shape index (κ2) is 53.7. The van der Waals surface area contributed by atoms with Crippen molar-refractivity contribution >= 4 is 17.9 Å². The van der Waals surface area contributed by atoms with Crippen LogP contribution in [0.25, 0.3) is 0 Å². The Morgan fingerprint density at radius 3 is 0.969 bits per heavy atom. The number of hydrogen-bond acceptors (Lipinski definition) is 6.